The van der Waals surface area contributed by atoms with Crippen molar-refractivity contribution in [2.45, 2.75) is 38.7 Å². The van der Waals surface area contributed by atoms with E-state index >= 15 is 0 Å². The first-order valence-electron chi connectivity index (χ1n) is 3.79. The van der Waals surface area contributed by atoms with Gasteiger partial charge >= 0.3 is 0 Å². The van der Waals surface area contributed by atoms with E-state index in [1.165, 1.54) is 0 Å². The molecule has 1 nitrogen and oxygen atoms in total. The summed E-state index contributed by atoms with van der Waals surface area (Å²) in [6.45, 7) is 4.26. The lowest BCUT2D eigenvalue weighted by Crippen LogP contribution is -2.25. The van der Waals surface area contributed by atoms with E-state index in [9.17, 15) is 0 Å². The summed E-state index contributed by atoms with van der Waals surface area (Å²) in [6.07, 6.45) is 3.16. The second-order valence-corrected chi connectivity index (χ2v) is 3.18. The van der Waals surface area contributed by atoms with Crippen molar-refractivity contribution in [1.82, 2.24) is 0 Å². The SMILES string of the molecule is CCC(C)(CCCCl)OC. The van der Waals surface area contributed by atoms with Gasteiger partial charge in [0.15, 0.2) is 0 Å². The first-order chi connectivity index (χ1) is 4.68. The Balaban J connectivity index is 3.58. The molecule has 0 bridgehead atoms. The van der Waals surface area contributed by atoms with Gasteiger partial charge in [0.05, 0.1) is 5.60 Å². The fraction of sp³-hybridized carbons (Fsp3) is 1.00. The molecule has 0 aromatic heterocycles. The summed E-state index contributed by atoms with van der Waals surface area (Å²) in [4.78, 5) is 0. The van der Waals surface area contributed by atoms with Crippen LogP contribution in [0, 0.1) is 0 Å². The van der Waals surface area contributed by atoms with Gasteiger partial charge in [0, 0.05) is 13.0 Å². The van der Waals surface area contributed by atoms with Crippen molar-refractivity contribution in [3.63, 3.8) is 0 Å². The van der Waals surface area contributed by atoms with Crippen molar-refractivity contribution in [1.29, 1.82) is 0 Å². The van der Waals surface area contributed by atoms with Gasteiger partial charge in [0.25, 0.3) is 0 Å². The van der Waals surface area contributed by atoms with Crippen LogP contribution >= 0.6 is 11.6 Å². The second-order valence-electron chi connectivity index (χ2n) is 2.80. The third-order valence-corrected chi connectivity index (χ3v) is 2.35. The molecule has 0 spiro atoms. The van der Waals surface area contributed by atoms with E-state index < -0.39 is 0 Å². The second kappa shape index (κ2) is 4.97. The highest BCUT2D eigenvalue weighted by molar-refractivity contribution is 6.17. The normalized spacial score (nSPS) is 16.8. The Morgan fingerprint density at radius 2 is 2.10 bits per heavy atom. The molecule has 0 fully saturated rings. The van der Waals surface area contributed by atoms with Gasteiger partial charge in [-0.15, -0.1) is 11.6 Å². The van der Waals surface area contributed by atoms with Crippen molar-refractivity contribution in [2.75, 3.05) is 13.0 Å². The lowest BCUT2D eigenvalue weighted by Gasteiger charge is -2.25. The Morgan fingerprint density at radius 1 is 1.50 bits per heavy atom. The van der Waals surface area contributed by atoms with Gasteiger partial charge in [-0.05, 0) is 26.2 Å². The third-order valence-electron chi connectivity index (χ3n) is 2.08. The molecule has 1 atom stereocenters. The minimum absolute atomic E-state index is 0.0505. The number of rotatable bonds is 5. The highest BCUT2D eigenvalue weighted by atomic mass is 35.5. The van der Waals surface area contributed by atoms with Crippen molar-refractivity contribution in [3.05, 3.63) is 0 Å². The molecule has 0 radical (unpaired) electrons. The van der Waals surface area contributed by atoms with Crippen LogP contribution in [0.1, 0.15) is 33.1 Å². The molecule has 2 heteroatoms. The maximum absolute atomic E-state index is 5.57. The smallest absolute Gasteiger partial charge is 0.0648 e. The maximum Gasteiger partial charge on any atom is 0.0648 e. The van der Waals surface area contributed by atoms with Crippen LogP contribution in [0.4, 0.5) is 0 Å². The highest BCUT2D eigenvalue weighted by Crippen LogP contribution is 2.20. The summed E-state index contributed by atoms with van der Waals surface area (Å²) in [5.74, 6) is 0.735. The number of hydrogen-bond acceptors (Lipinski definition) is 1. The quantitative estimate of drug-likeness (QED) is 0.568. The Kier molecular flexibility index (Phi) is 5.10. The van der Waals surface area contributed by atoms with Crippen LogP contribution in [-0.4, -0.2) is 18.6 Å². The molecule has 62 valence electrons. The standard InChI is InChI=1S/C8H17ClO/c1-4-8(2,10-3)6-5-7-9/h4-7H2,1-3H3. The number of halogens is 1. The molecule has 0 N–H and O–H groups in total. The molecular weight excluding hydrogens is 148 g/mol. The van der Waals surface area contributed by atoms with Gasteiger partial charge in [-0.25, -0.2) is 0 Å². The summed E-state index contributed by atoms with van der Waals surface area (Å²) in [5, 5.41) is 0. The zero-order valence-electron chi connectivity index (χ0n) is 7.11. The molecule has 0 saturated heterocycles. The third kappa shape index (κ3) is 3.43. The zero-order chi connectivity index (χ0) is 8.04. The van der Waals surface area contributed by atoms with E-state index in [4.69, 9.17) is 16.3 Å². The van der Waals surface area contributed by atoms with Crippen molar-refractivity contribution >= 4 is 11.6 Å². The van der Waals surface area contributed by atoms with Gasteiger partial charge in [0.2, 0.25) is 0 Å². The van der Waals surface area contributed by atoms with E-state index in [-0.39, 0.29) is 5.60 Å². The summed E-state index contributed by atoms with van der Waals surface area (Å²) in [7, 11) is 1.76. The Morgan fingerprint density at radius 3 is 2.40 bits per heavy atom. The van der Waals surface area contributed by atoms with E-state index in [0.717, 1.165) is 25.1 Å². The van der Waals surface area contributed by atoms with E-state index in [1.54, 1.807) is 7.11 Å². The van der Waals surface area contributed by atoms with Crippen LogP contribution in [0.5, 0.6) is 0 Å². The minimum atomic E-state index is 0.0505. The van der Waals surface area contributed by atoms with Crippen molar-refractivity contribution in [3.8, 4) is 0 Å². The van der Waals surface area contributed by atoms with Crippen LogP contribution in [0.25, 0.3) is 0 Å². The Bertz CT molecular complexity index is 79.3. The van der Waals surface area contributed by atoms with Gasteiger partial charge < -0.3 is 4.74 Å². The molecule has 0 amide bonds. The molecule has 0 aromatic rings. The first-order valence-corrected chi connectivity index (χ1v) is 4.33. The molecule has 0 aliphatic carbocycles. The van der Waals surface area contributed by atoms with Crippen LogP contribution in [0.15, 0.2) is 0 Å². The minimum Gasteiger partial charge on any atom is -0.379 e. The van der Waals surface area contributed by atoms with E-state index in [2.05, 4.69) is 13.8 Å². The molecule has 1 unspecified atom stereocenters. The van der Waals surface area contributed by atoms with Crippen molar-refractivity contribution in [2.24, 2.45) is 0 Å². The lowest BCUT2D eigenvalue weighted by atomic mass is 9.97. The van der Waals surface area contributed by atoms with Crippen LogP contribution in [0.2, 0.25) is 0 Å². The molecule has 0 saturated carbocycles. The van der Waals surface area contributed by atoms with Crippen LogP contribution < -0.4 is 0 Å². The maximum atomic E-state index is 5.57. The summed E-state index contributed by atoms with van der Waals surface area (Å²) in [6, 6.07) is 0. The molecule has 0 aliphatic heterocycles. The van der Waals surface area contributed by atoms with Gasteiger partial charge in [0.1, 0.15) is 0 Å². The van der Waals surface area contributed by atoms with Gasteiger partial charge in [-0.1, -0.05) is 6.92 Å². The fourth-order valence-corrected chi connectivity index (χ4v) is 0.998. The van der Waals surface area contributed by atoms with Crippen LogP contribution in [0.3, 0.4) is 0 Å². The predicted octanol–water partition coefficient (Wildman–Crippen LogP) is 2.82. The summed E-state index contributed by atoms with van der Waals surface area (Å²) in [5.41, 5.74) is 0.0505. The average molecular weight is 165 g/mol. The van der Waals surface area contributed by atoms with E-state index in [0.29, 0.717) is 0 Å². The molecule has 0 rings (SSSR count). The number of hydrogen-bond donors (Lipinski definition) is 0. The topological polar surface area (TPSA) is 9.23 Å². The zero-order valence-corrected chi connectivity index (χ0v) is 7.87. The van der Waals surface area contributed by atoms with Crippen LogP contribution in [-0.2, 0) is 4.74 Å². The number of methoxy groups -OCH3 is 1. The monoisotopic (exact) mass is 164 g/mol. The highest BCUT2D eigenvalue weighted by Gasteiger charge is 2.19. The van der Waals surface area contributed by atoms with Gasteiger partial charge in [-0.3, -0.25) is 0 Å². The Hall–Kier alpha value is 0.250. The summed E-state index contributed by atoms with van der Waals surface area (Å²) < 4.78 is 5.33. The lowest BCUT2D eigenvalue weighted by molar-refractivity contribution is -0.00456. The molecule has 0 aliphatic rings. The van der Waals surface area contributed by atoms with E-state index in [1.807, 2.05) is 0 Å². The molecule has 10 heavy (non-hydrogen) atoms. The average Bonchev–Trinajstić information content (AvgIpc) is 2.00. The Labute approximate surface area is 68.7 Å². The van der Waals surface area contributed by atoms with Gasteiger partial charge in [-0.2, -0.15) is 0 Å². The number of alkyl halides is 1. The number of ether oxygens (including phenoxy) is 1. The summed E-state index contributed by atoms with van der Waals surface area (Å²) >= 11 is 5.57. The fourth-order valence-electron chi connectivity index (χ4n) is 0.864. The molecule has 0 heterocycles. The molecule has 0 aromatic carbocycles. The predicted molar refractivity (Wildman–Crippen MR) is 45.7 cm³/mol. The largest absolute Gasteiger partial charge is 0.379 e. The van der Waals surface area contributed by atoms with Crippen molar-refractivity contribution < 1.29 is 4.74 Å². The molecular formula is C8H17ClO. The first kappa shape index (κ1) is 10.2.